The van der Waals surface area contributed by atoms with Crippen LogP contribution in [0.25, 0.3) is 11.4 Å². The molecule has 0 spiro atoms. The van der Waals surface area contributed by atoms with Crippen LogP contribution < -0.4 is 10.1 Å². The molecule has 0 atom stereocenters. The average Bonchev–Trinajstić information content (AvgIpc) is 2.38. The second kappa shape index (κ2) is 5.56. The number of phenolic OH excluding ortho intramolecular Hbond substituents is 1. The summed E-state index contributed by atoms with van der Waals surface area (Å²) in [6, 6.07) is 7.01. The van der Waals surface area contributed by atoms with Gasteiger partial charge in [0.15, 0.2) is 17.3 Å². The molecule has 1 heterocycles. The van der Waals surface area contributed by atoms with Gasteiger partial charge in [0, 0.05) is 23.9 Å². The highest BCUT2D eigenvalue weighted by Gasteiger charge is 2.08. The Balaban J connectivity index is 2.43. The van der Waals surface area contributed by atoms with Crippen LogP contribution in [0, 0.1) is 6.92 Å². The van der Waals surface area contributed by atoms with E-state index < -0.39 is 0 Å². The fraction of sp³-hybridized carbons (Fsp3) is 0.286. The summed E-state index contributed by atoms with van der Waals surface area (Å²) in [4.78, 5) is 8.80. The molecule has 5 heteroatoms. The van der Waals surface area contributed by atoms with E-state index in [0.717, 1.165) is 23.6 Å². The van der Waals surface area contributed by atoms with E-state index >= 15 is 0 Å². The van der Waals surface area contributed by atoms with Gasteiger partial charge in [0.1, 0.15) is 5.82 Å². The Bertz CT molecular complexity index is 585. The molecule has 0 aliphatic heterocycles. The van der Waals surface area contributed by atoms with Gasteiger partial charge in [-0.05, 0) is 32.0 Å². The summed E-state index contributed by atoms with van der Waals surface area (Å²) in [7, 11) is 1.52. The van der Waals surface area contributed by atoms with E-state index in [1.165, 1.54) is 7.11 Å². The van der Waals surface area contributed by atoms with Gasteiger partial charge in [-0.1, -0.05) is 0 Å². The zero-order valence-corrected chi connectivity index (χ0v) is 11.3. The summed E-state index contributed by atoms with van der Waals surface area (Å²) in [5.41, 5.74) is 1.62. The average molecular weight is 259 g/mol. The summed E-state index contributed by atoms with van der Waals surface area (Å²) in [6.45, 7) is 4.72. The van der Waals surface area contributed by atoms with Crippen LogP contribution in [-0.2, 0) is 0 Å². The zero-order chi connectivity index (χ0) is 13.8. The summed E-state index contributed by atoms with van der Waals surface area (Å²) < 4.78 is 5.02. The number of hydrogen-bond donors (Lipinski definition) is 2. The lowest BCUT2D eigenvalue weighted by atomic mass is 10.2. The standard InChI is InChI=1S/C14H17N3O2/c1-4-15-13-7-9(2)16-14(17-13)10-5-6-12(19-3)11(18)8-10/h5-8,18H,4H2,1-3H3,(H,15,16,17). The molecule has 2 N–H and O–H groups in total. The monoisotopic (exact) mass is 259 g/mol. The van der Waals surface area contributed by atoms with E-state index in [9.17, 15) is 5.11 Å². The van der Waals surface area contributed by atoms with Crippen molar-refractivity contribution in [3.8, 4) is 22.9 Å². The molecule has 1 aromatic carbocycles. The molecule has 0 saturated heterocycles. The first-order valence-electron chi connectivity index (χ1n) is 6.11. The third-order valence-electron chi connectivity index (χ3n) is 2.65. The van der Waals surface area contributed by atoms with E-state index in [1.54, 1.807) is 12.1 Å². The van der Waals surface area contributed by atoms with Crippen molar-refractivity contribution in [2.45, 2.75) is 13.8 Å². The van der Waals surface area contributed by atoms with Crippen molar-refractivity contribution in [1.29, 1.82) is 0 Å². The molecule has 0 bridgehead atoms. The number of ether oxygens (including phenoxy) is 1. The van der Waals surface area contributed by atoms with E-state index in [-0.39, 0.29) is 5.75 Å². The number of aromatic hydroxyl groups is 1. The van der Waals surface area contributed by atoms with Crippen LogP contribution >= 0.6 is 0 Å². The van der Waals surface area contributed by atoms with Crippen molar-refractivity contribution in [2.75, 3.05) is 19.0 Å². The molecule has 100 valence electrons. The van der Waals surface area contributed by atoms with Gasteiger partial charge < -0.3 is 15.2 Å². The Hall–Kier alpha value is -2.30. The lowest BCUT2D eigenvalue weighted by molar-refractivity contribution is 0.373. The van der Waals surface area contributed by atoms with Gasteiger partial charge in [0.2, 0.25) is 0 Å². The van der Waals surface area contributed by atoms with Crippen molar-refractivity contribution in [2.24, 2.45) is 0 Å². The molecule has 1 aromatic heterocycles. The minimum absolute atomic E-state index is 0.0788. The maximum absolute atomic E-state index is 9.80. The summed E-state index contributed by atoms with van der Waals surface area (Å²) >= 11 is 0. The Morgan fingerprint density at radius 3 is 2.68 bits per heavy atom. The number of methoxy groups -OCH3 is 1. The largest absolute Gasteiger partial charge is 0.504 e. The molecule has 0 aliphatic carbocycles. The van der Waals surface area contributed by atoms with Crippen molar-refractivity contribution in [1.82, 2.24) is 9.97 Å². The van der Waals surface area contributed by atoms with Gasteiger partial charge in [-0.25, -0.2) is 9.97 Å². The number of phenols is 1. The van der Waals surface area contributed by atoms with E-state index in [1.807, 2.05) is 26.0 Å². The van der Waals surface area contributed by atoms with Gasteiger partial charge in [-0.3, -0.25) is 0 Å². The van der Waals surface area contributed by atoms with Crippen molar-refractivity contribution in [3.63, 3.8) is 0 Å². The van der Waals surface area contributed by atoms with Crippen LogP contribution in [0.3, 0.4) is 0 Å². The Kier molecular flexibility index (Phi) is 3.85. The highest BCUT2D eigenvalue weighted by Crippen LogP contribution is 2.30. The third kappa shape index (κ3) is 2.93. The first-order chi connectivity index (χ1) is 9.13. The van der Waals surface area contributed by atoms with Crippen LogP contribution in [0.1, 0.15) is 12.6 Å². The molecule has 0 unspecified atom stereocenters. The lowest BCUT2D eigenvalue weighted by Gasteiger charge is -2.08. The molecule has 0 radical (unpaired) electrons. The molecule has 0 aliphatic rings. The van der Waals surface area contributed by atoms with Crippen molar-refractivity contribution < 1.29 is 9.84 Å². The third-order valence-corrected chi connectivity index (χ3v) is 2.65. The number of benzene rings is 1. The lowest BCUT2D eigenvalue weighted by Crippen LogP contribution is -2.02. The maximum atomic E-state index is 9.80. The Labute approximate surface area is 112 Å². The molecule has 2 aromatic rings. The van der Waals surface area contributed by atoms with E-state index in [0.29, 0.717) is 11.6 Å². The van der Waals surface area contributed by atoms with E-state index in [2.05, 4.69) is 15.3 Å². The smallest absolute Gasteiger partial charge is 0.161 e. The number of nitrogens with one attached hydrogen (secondary N) is 1. The number of nitrogens with zero attached hydrogens (tertiary/aromatic N) is 2. The minimum atomic E-state index is 0.0788. The predicted molar refractivity (Wildman–Crippen MR) is 74.6 cm³/mol. The maximum Gasteiger partial charge on any atom is 0.161 e. The Morgan fingerprint density at radius 1 is 1.26 bits per heavy atom. The Morgan fingerprint density at radius 2 is 2.05 bits per heavy atom. The minimum Gasteiger partial charge on any atom is -0.504 e. The normalized spacial score (nSPS) is 10.3. The van der Waals surface area contributed by atoms with Crippen molar-refractivity contribution in [3.05, 3.63) is 30.0 Å². The highest BCUT2D eigenvalue weighted by atomic mass is 16.5. The topological polar surface area (TPSA) is 67.3 Å². The second-order valence-electron chi connectivity index (χ2n) is 4.14. The number of aryl methyl sites for hydroxylation is 1. The first kappa shape index (κ1) is 13.1. The van der Waals surface area contributed by atoms with Crippen LogP contribution in [-0.4, -0.2) is 28.7 Å². The SMILES string of the molecule is CCNc1cc(C)nc(-c2ccc(OC)c(O)c2)n1. The molecule has 2 rings (SSSR count). The van der Waals surface area contributed by atoms with Crippen molar-refractivity contribution >= 4 is 5.82 Å². The second-order valence-corrected chi connectivity index (χ2v) is 4.14. The summed E-state index contributed by atoms with van der Waals surface area (Å²) in [6.07, 6.45) is 0. The van der Waals surface area contributed by atoms with Gasteiger partial charge in [0.05, 0.1) is 7.11 Å². The van der Waals surface area contributed by atoms with Crippen LogP contribution in [0.4, 0.5) is 5.82 Å². The first-order valence-corrected chi connectivity index (χ1v) is 6.11. The zero-order valence-electron chi connectivity index (χ0n) is 11.3. The molecular formula is C14H17N3O2. The van der Waals surface area contributed by atoms with Gasteiger partial charge in [-0.2, -0.15) is 0 Å². The van der Waals surface area contributed by atoms with Gasteiger partial charge >= 0.3 is 0 Å². The number of anilines is 1. The molecule has 19 heavy (non-hydrogen) atoms. The molecular weight excluding hydrogens is 242 g/mol. The summed E-state index contributed by atoms with van der Waals surface area (Å²) in [5, 5.41) is 13.0. The molecule has 0 saturated carbocycles. The molecule has 0 fully saturated rings. The highest BCUT2D eigenvalue weighted by molar-refractivity contribution is 5.62. The molecule has 5 nitrogen and oxygen atoms in total. The predicted octanol–water partition coefficient (Wildman–Crippen LogP) is 2.60. The number of hydrogen-bond acceptors (Lipinski definition) is 5. The van der Waals surface area contributed by atoms with E-state index in [4.69, 9.17) is 4.74 Å². The van der Waals surface area contributed by atoms with Crippen LogP contribution in [0.15, 0.2) is 24.3 Å². The number of aromatic nitrogens is 2. The quantitative estimate of drug-likeness (QED) is 0.883. The van der Waals surface area contributed by atoms with Crippen LogP contribution in [0.2, 0.25) is 0 Å². The summed E-state index contributed by atoms with van der Waals surface area (Å²) in [5.74, 6) is 1.87. The number of rotatable bonds is 4. The molecule has 0 amide bonds. The van der Waals surface area contributed by atoms with Gasteiger partial charge in [-0.15, -0.1) is 0 Å². The fourth-order valence-electron chi connectivity index (χ4n) is 1.80. The van der Waals surface area contributed by atoms with Gasteiger partial charge in [0.25, 0.3) is 0 Å². The van der Waals surface area contributed by atoms with Crippen LogP contribution in [0.5, 0.6) is 11.5 Å². The fourth-order valence-corrected chi connectivity index (χ4v) is 1.80.